The second-order valence-electron chi connectivity index (χ2n) is 3.49. The SMILES string of the molecule is CC(C)(C#N)c1cccc(N=C=O)c1. The van der Waals surface area contributed by atoms with Crippen LogP contribution in [0.1, 0.15) is 19.4 Å². The molecule has 0 amide bonds. The summed E-state index contributed by atoms with van der Waals surface area (Å²) in [6, 6.07) is 9.21. The zero-order valence-electron chi connectivity index (χ0n) is 8.11. The normalized spacial score (nSPS) is 10.1. The van der Waals surface area contributed by atoms with Crippen LogP contribution in [0.15, 0.2) is 29.3 Å². The van der Waals surface area contributed by atoms with E-state index >= 15 is 0 Å². The number of nitriles is 1. The van der Waals surface area contributed by atoms with E-state index in [2.05, 4.69) is 11.1 Å². The maximum atomic E-state index is 10.0. The van der Waals surface area contributed by atoms with E-state index in [4.69, 9.17) is 5.26 Å². The van der Waals surface area contributed by atoms with Gasteiger partial charge in [0.15, 0.2) is 0 Å². The van der Waals surface area contributed by atoms with Crippen molar-refractivity contribution in [3.05, 3.63) is 29.8 Å². The molecule has 0 fully saturated rings. The third-order valence-corrected chi connectivity index (χ3v) is 2.02. The van der Waals surface area contributed by atoms with Crippen molar-refractivity contribution in [3.8, 4) is 6.07 Å². The quantitative estimate of drug-likeness (QED) is 0.526. The van der Waals surface area contributed by atoms with E-state index in [-0.39, 0.29) is 0 Å². The summed E-state index contributed by atoms with van der Waals surface area (Å²) >= 11 is 0. The van der Waals surface area contributed by atoms with Gasteiger partial charge in [-0.1, -0.05) is 12.1 Å². The summed E-state index contributed by atoms with van der Waals surface area (Å²) in [6.07, 6.45) is 1.47. The molecular formula is C11H10N2O. The number of rotatable bonds is 2. The molecule has 0 saturated carbocycles. The van der Waals surface area contributed by atoms with Gasteiger partial charge in [-0.3, -0.25) is 0 Å². The Kier molecular flexibility index (Phi) is 2.81. The van der Waals surface area contributed by atoms with Crippen molar-refractivity contribution in [2.45, 2.75) is 19.3 Å². The van der Waals surface area contributed by atoms with Crippen molar-refractivity contribution < 1.29 is 4.79 Å². The van der Waals surface area contributed by atoms with Crippen LogP contribution in [-0.2, 0) is 10.2 Å². The number of isocyanates is 1. The van der Waals surface area contributed by atoms with E-state index in [1.807, 2.05) is 19.9 Å². The molecule has 1 rings (SSSR count). The van der Waals surface area contributed by atoms with Crippen molar-refractivity contribution in [2.24, 2.45) is 4.99 Å². The van der Waals surface area contributed by atoms with Crippen LogP contribution in [0.4, 0.5) is 5.69 Å². The van der Waals surface area contributed by atoms with Crippen LogP contribution < -0.4 is 0 Å². The molecule has 1 aromatic carbocycles. The molecule has 0 aliphatic rings. The van der Waals surface area contributed by atoms with Gasteiger partial charge in [-0.25, -0.2) is 4.79 Å². The van der Waals surface area contributed by atoms with Gasteiger partial charge in [-0.2, -0.15) is 10.3 Å². The standard InChI is InChI=1S/C11H10N2O/c1-11(2,7-12)9-4-3-5-10(6-9)13-8-14/h3-6H,1-2H3. The molecule has 0 radical (unpaired) electrons. The van der Waals surface area contributed by atoms with E-state index in [0.717, 1.165) is 5.56 Å². The molecule has 0 aliphatic heterocycles. The first kappa shape index (κ1) is 10.2. The molecule has 0 aromatic heterocycles. The average Bonchev–Trinajstić information content (AvgIpc) is 2.19. The number of aliphatic imine (C=N–C) groups is 1. The van der Waals surface area contributed by atoms with Crippen LogP contribution in [0, 0.1) is 11.3 Å². The first-order valence-electron chi connectivity index (χ1n) is 4.20. The van der Waals surface area contributed by atoms with Crippen molar-refractivity contribution in [2.75, 3.05) is 0 Å². The van der Waals surface area contributed by atoms with Gasteiger partial charge in [0.2, 0.25) is 6.08 Å². The Labute approximate surface area is 82.7 Å². The summed E-state index contributed by atoms with van der Waals surface area (Å²) in [6.45, 7) is 3.63. The molecule has 0 unspecified atom stereocenters. The Morgan fingerprint density at radius 3 is 2.71 bits per heavy atom. The molecule has 0 saturated heterocycles. The highest BCUT2D eigenvalue weighted by atomic mass is 16.1. The number of carbonyl (C=O) groups excluding carboxylic acids is 1. The molecule has 0 heterocycles. The molecule has 14 heavy (non-hydrogen) atoms. The average molecular weight is 186 g/mol. The van der Waals surface area contributed by atoms with Gasteiger partial charge >= 0.3 is 0 Å². The summed E-state index contributed by atoms with van der Waals surface area (Å²) < 4.78 is 0. The number of hydrogen-bond acceptors (Lipinski definition) is 3. The molecule has 0 bridgehead atoms. The highest BCUT2D eigenvalue weighted by Crippen LogP contribution is 2.25. The fourth-order valence-electron chi connectivity index (χ4n) is 1.08. The van der Waals surface area contributed by atoms with E-state index in [0.29, 0.717) is 5.69 Å². The van der Waals surface area contributed by atoms with Gasteiger partial charge in [0.05, 0.1) is 17.2 Å². The van der Waals surface area contributed by atoms with Gasteiger partial charge in [0, 0.05) is 0 Å². The lowest BCUT2D eigenvalue weighted by Gasteiger charge is -2.15. The minimum Gasteiger partial charge on any atom is -0.211 e. The lowest BCUT2D eigenvalue weighted by Crippen LogP contribution is -2.13. The maximum Gasteiger partial charge on any atom is 0.240 e. The van der Waals surface area contributed by atoms with Crippen molar-refractivity contribution in [1.82, 2.24) is 0 Å². The van der Waals surface area contributed by atoms with E-state index in [1.54, 1.807) is 18.2 Å². The van der Waals surface area contributed by atoms with Crippen molar-refractivity contribution >= 4 is 11.8 Å². The van der Waals surface area contributed by atoms with Crippen LogP contribution in [0.5, 0.6) is 0 Å². The Morgan fingerprint density at radius 2 is 2.14 bits per heavy atom. The second kappa shape index (κ2) is 3.87. The second-order valence-corrected chi connectivity index (χ2v) is 3.49. The summed E-state index contributed by atoms with van der Waals surface area (Å²) in [5.74, 6) is 0. The maximum absolute atomic E-state index is 10.0. The van der Waals surface area contributed by atoms with Gasteiger partial charge < -0.3 is 0 Å². The predicted molar refractivity (Wildman–Crippen MR) is 52.9 cm³/mol. The summed E-state index contributed by atoms with van der Waals surface area (Å²) in [4.78, 5) is 13.5. The monoisotopic (exact) mass is 186 g/mol. The van der Waals surface area contributed by atoms with Crippen LogP contribution in [0.3, 0.4) is 0 Å². The molecular weight excluding hydrogens is 176 g/mol. The first-order valence-corrected chi connectivity index (χ1v) is 4.20. The van der Waals surface area contributed by atoms with Crippen molar-refractivity contribution in [3.63, 3.8) is 0 Å². The molecule has 3 heteroatoms. The van der Waals surface area contributed by atoms with Crippen LogP contribution in [0.25, 0.3) is 0 Å². The molecule has 0 atom stereocenters. The third kappa shape index (κ3) is 2.07. The summed E-state index contributed by atoms with van der Waals surface area (Å²) in [7, 11) is 0. The lowest BCUT2D eigenvalue weighted by atomic mass is 9.86. The molecule has 3 nitrogen and oxygen atoms in total. The molecule has 70 valence electrons. The molecule has 0 spiro atoms. The number of hydrogen-bond donors (Lipinski definition) is 0. The van der Waals surface area contributed by atoms with Gasteiger partial charge in [-0.05, 0) is 31.5 Å². The topological polar surface area (TPSA) is 53.2 Å². The highest BCUT2D eigenvalue weighted by Gasteiger charge is 2.19. The van der Waals surface area contributed by atoms with Gasteiger partial charge in [-0.15, -0.1) is 0 Å². The Balaban J connectivity index is 3.19. The van der Waals surface area contributed by atoms with E-state index in [1.165, 1.54) is 6.08 Å². The molecule has 1 aromatic rings. The largest absolute Gasteiger partial charge is 0.240 e. The Hall–Kier alpha value is -1.91. The Morgan fingerprint density at radius 1 is 1.43 bits per heavy atom. The minimum absolute atomic E-state index is 0.529. The Bertz CT molecular complexity index is 423. The highest BCUT2D eigenvalue weighted by molar-refractivity contribution is 5.51. The predicted octanol–water partition coefficient (Wildman–Crippen LogP) is 2.46. The van der Waals surface area contributed by atoms with E-state index < -0.39 is 5.41 Å². The fourth-order valence-corrected chi connectivity index (χ4v) is 1.08. The number of benzene rings is 1. The van der Waals surface area contributed by atoms with Crippen LogP contribution >= 0.6 is 0 Å². The lowest BCUT2D eigenvalue weighted by molar-refractivity contribution is 0.565. The summed E-state index contributed by atoms with van der Waals surface area (Å²) in [5, 5.41) is 8.91. The van der Waals surface area contributed by atoms with Gasteiger partial charge in [0.25, 0.3) is 0 Å². The molecule has 0 aliphatic carbocycles. The fraction of sp³-hybridized carbons (Fsp3) is 0.273. The number of nitrogens with zero attached hydrogens (tertiary/aromatic N) is 2. The third-order valence-electron chi connectivity index (χ3n) is 2.02. The van der Waals surface area contributed by atoms with Crippen molar-refractivity contribution in [1.29, 1.82) is 5.26 Å². The smallest absolute Gasteiger partial charge is 0.211 e. The molecule has 0 N–H and O–H groups in total. The summed E-state index contributed by atoms with van der Waals surface area (Å²) in [5.41, 5.74) is 0.811. The minimum atomic E-state index is -0.561. The van der Waals surface area contributed by atoms with Crippen LogP contribution in [-0.4, -0.2) is 6.08 Å². The zero-order valence-corrected chi connectivity index (χ0v) is 8.11. The van der Waals surface area contributed by atoms with E-state index in [9.17, 15) is 4.79 Å². The van der Waals surface area contributed by atoms with Crippen LogP contribution in [0.2, 0.25) is 0 Å². The zero-order chi connectivity index (χ0) is 10.6. The first-order chi connectivity index (χ1) is 6.60. The van der Waals surface area contributed by atoms with Gasteiger partial charge in [0.1, 0.15) is 0 Å².